The van der Waals surface area contributed by atoms with Gasteiger partial charge in [0.2, 0.25) is 0 Å². The van der Waals surface area contributed by atoms with E-state index >= 15 is 0 Å². The summed E-state index contributed by atoms with van der Waals surface area (Å²) in [7, 11) is 0. The van der Waals surface area contributed by atoms with E-state index in [1.165, 1.54) is 11.3 Å². The highest BCUT2D eigenvalue weighted by Gasteiger charge is 2.28. The van der Waals surface area contributed by atoms with E-state index in [4.69, 9.17) is 0 Å². The van der Waals surface area contributed by atoms with Crippen molar-refractivity contribution in [2.75, 3.05) is 5.32 Å². The molecule has 2 aromatic rings. The van der Waals surface area contributed by atoms with E-state index in [1.807, 2.05) is 54.7 Å². The maximum Gasteiger partial charge on any atom is 0.265 e. The van der Waals surface area contributed by atoms with Gasteiger partial charge in [0.05, 0.1) is 10.5 Å². The highest BCUT2D eigenvalue weighted by molar-refractivity contribution is 7.18. The molecule has 26 heavy (non-hydrogen) atoms. The molecule has 0 spiro atoms. The SMILES string of the molecule is O=C1Nc2sc(C(=O)NC3=CC=CC=CC=C3)cc2/C1=C\c1ccc[nH]1. The van der Waals surface area contributed by atoms with Crippen molar-refractivity contribution in [3.8, 4) is 0 Å². The van der Waals surface area contributed by atoms with Crippen LogP contribution >= 0.6 is 11.3 Å². The molecule has 3 N–H and O–H groups in total. The van der Waals surface area contributed by atoms with Gasteiger partial charge in [-0.3, -0.25) is 9.59 Å². The smallest absolute Gasteiger partial charge is 0.265 e. The second kappa shape index (κ2) is 6.85. The molecule has 4 rings (SSSR count). The lowest BCUT2D eigenvalue weighted by Crippen LogP contribution is -2.21. The Labute approximate surface area is 154 Å². The number of amides is 2. The van der Waals surface area contributed by atoms with Gasteiger partial charge < -0.3 is 15.6 Å². The van der Waals surface area contributed by atoms with Gasteiger partial charge in [-0.15, -0.1) is 11.3 Å². The van der Waals surface area contributed by atoms with Crippen LogP contribution in [-0.4, -0.2) is 16.8 Å². The van der Waals surface area contributed by atoms with Crippen molar-refractivity contribution in [1.29, 1.82) is 0 Å². The molecule has 0 aromatic carbocycles. The maximum atomic E-state index is 12.6. The first-order valence-electron chi connectivity index (χ1n) is 8.04. The predicted octanol–water partition coefficient (Wildman–Crippen LogP) is 3.86. The molecule has 1 aliphatic heterocycles. The normalized spacial score (nSPS) is 16.8. The van der Waals surface area contributed by atoms with Gasteiger partial charge in [0, 0.05) is 23.2 Å². The number of rotatable bonds is 3. The number of carbonyl (C=O) groups excluding carboxylic acids is 2. The minimum Gasteiger partial charge on any atom is -0.362 e. The van der Waals surface area contributed by atoms with Gasteiger partial charge in [-0.2, -0.15) is 0 Å². The van der Waals surface area contributed by atoms with Crippen molar-refractivity contribution in [1.82, 2.24) is 10.3 Å². The molecule has 0 atom stereocenters. The molecule has 1 aliphatic carbocycles. The number of carbonyl (C=O) groups is 2. The van der Waals surface area contributed by atoms with Gasteiger partial charge in [-0.05, 0) is 36.4 Å². The second-order valence-electron chi connectivity index (χ2n) is 5.70. The molecule has 2 aliphatic rings. The molecule has 3 heterocycles. The van der Waals surface area contributed by atoms with E-state index in [-0.39, 0.29) is 11.8 Å². The van der Waals surface area contributed by atoms with Crippen molar-refractivity contribution >= 4 is 39.8 Å². The van der Waals surface area contributed by atoms with Crippen molar-refractivity contribution in [3.05, 3.63) is 88.8 Å². The number of anilines is 1. The molecule has 128 valence electrons. The van der Waals surface area contributed by atoms with E-state index in [2.05, 4.69) is 15.6 Å². The second-order valence-corrected chi connectivity index (χ2v) is 6.75. The third-order valence-corrected chi connectivity index (χ3v) is 4.94. The molecule has 5 nitrogen and oxygen atoms in total. The zero-order valence-electron chi connectivity index (χ0n) is 13.7. The number of hydrogen-bond acceptors (Lipinski definition) is 3. The monoisotopic (exact) mass is 361 g/mol. The van der Waals surface area contributed by atoms with Crippen molar-refractivity contribution < 1.29 is 9.59 Å². The highest BCUT2D eigenvalue weighted by atomic mass is 32.1. The van der Waals surface area contributed by atoms with E-state index in [9.17, 15) is 9.59 Å². The van der Waals surface area contributed by atoms with Crippen LogP contribution in [0.15, 0.2) is 72.6 Å². The quantitative estimate of drug-likeness (QED) is 0.726. The van der Waals surface area contributed by atoms with Crippen LogP contribution in [0.3, 0.4) is 0 Å². The molecule has 0 saturated heterocycles. The maximum absolute atomic E-state index is 12.6. The zero-order chi connectivity index (χ0) is 17.9. The van der Waals surface area contributed by atoms with E-state index in [1.54, 1.807) is 18.3 Å². The molecule has 0 unspecified atom stereocenters. The number of H-pyrrole nitrogens is 1. The number of thiophene rings is 1. The molecule has 0 saturated carbocycles. The Kier molecular flexibility index (Phi) is 4.25. The average Bonchev–Trinajstić information content (AvgIpc) is 3.29. The first kappa shape index (κ1) is 16.1. The summed E-state index contributed by atoms with van der Waals surface area (Å²) < 4.78 is 0. The summed E-state index contributed by atoms with van der Waals surface area (Å²) in [4.78, 5) is 28.3. The zero-order valence-corrected chi connectivity index (χ0v) is 14.5. The Hall–Kier alpha value is -3.38. The topological polar surface area (TPSA) is 74.0 Å². The number of aromatic amines is 1. The summed E-state index contributed by atoms with van der Waals surface area (Å²) in [5.74, 6) is -0.359. The van der Waals surface area contributed by atoms with Gasteiger partial charge in [0.15, 0.2) is 0 Å². The van der Waals surface area contributed by atoms with Crippen LogP contribution in [0.1, 0.15) is 20.9 Å². The predicted molar refractivity (Wildman–Crippen MR) is 105 cm³/mol. The molecule has 6 heteroatoms. The fourth-order valence-corrected chi connectivity index (χ4v) is 3.63. The molecule has 2 amide bonds. The van der Waals surface area contributed by atoms with Crippen LogP contribution in [0.25, 0.3) is 11.6 Å². The number of hydrogen-bond donors (Lipinski definition) is 3. The van der Waals surface area contributed by atoms with Crippen molar-refractivity contribution in [2.24, 2.45) is 0 Å². The molecular formula is C20H15N3O2S. The molecule has 0 radical (unpaired) electrons. The number of fused-ring (bicyclic) bond motifs is 1. The third-order valence-electron chi connectivity index (χ3n) is 3.89. The minimum atomic E-state index is -0.202. The first-order valence-corrected chi connectivity index (χ1v) is 8.86. The lowest BCUT2D eigenvalue weighted by atomic mass is 10.1. The van der Waals surface area contributed by atoms with Gasteiger partial charge >= 0.3 is 0 Å². The first-order chi connectivity index (χ1) is 12.7. The Morgan fingerprint density at radius 3 is 2.85 bits per heavy atom. The number of allylic oxidation sites excluding steroid dienone is 7. The largest absolute Gasteiger partial charge is 0.362 e. The number of aromatic nitrogens is 1. The molecule has 0 fully saturated rings. The molecule has 0 bridgehead atoms. The van der Waals surface area contributed by atoms with E-state index < -0.39 is 0 Å². The Bertz CT molecular complexity index is 1020. The number of nitrogens with one attached hydrogen (secondary N) is 3. The fourth-order valence-electron chi connectivity index (χ4n) is 2.66. The summed E-state index contributed by atoms with van der Waals surface area (Å²) in [5.41, 5.74) is 2.85. The van der Waals surface area contributed by atoms with Gasteiger partial charge in [0.25, 0.3) is 11.8 Å². The minimum absolute atomic E-state index is 0.157. The Morgan fingerprint density at radius 2 is 2.00 bits per heavy atom. The van der Waals surface area contributed by atoms with Crippen LogP contribution in [0.5, 0.6) is 0 Å². The average molecular weight is 361 g/mol. The summed E-state index contributed by atoms with van der Waals surface area (Å²) >= 11 is 1.27. The molecular weight excluding hydrogens is 346 g/mol. The Morgan fingerprint density at radius 1 is 1.15 bits per heavy atom. The third kappa shape index (κ3) is 3.22. The summed E-state index contributed by atoms with van der Waals surface area (Å²) in [6.45, 7) is 0. The highest BCUT2D eigenvalue weighted by Crippen LogP contribution is 2.39. The lowest BCUT2D eigenvalue weighted by Gasteiger charge is -2.04. The van der Waals surface area contributed by atoms with Crippen LogP contribution in [0, 0.1) is 0 Å². The van der Waals surface area contributed by atoms with E-state index in [0.29, 0.717) is 21.1 Å². The lowest BCUT2D eigenvalue weighted by molar-refractivity contribution is -0.110. The molecule has 2 aromatic heterocycles. The summed E-state index contributed by atoms with van der Waals surface area (Å²) in [5, 5.41) is 6.41. The van der Waals surface area contributed by atoms with Crippen molar-refractivity contribution in [3.63, 3.8) is 0 Å². The van der Waals surface area contributed by atoms with Crippen LogP contribution in [0.4, 0.5) is 5.00 Å². The van der Waals surface area contributed by atoms with Crippen molar-refractivity contribution in [2.45, 2.75) is 0 Å². The standard InChI is InChI=1S/C20H15N3O2S/c24-18-15(11-14-9-6-10-21-14)16-12-17(26-20(16)23-18)19(25)22-13-7-4-2-1-3-5-8-13/h1-12,21H,(H,22,25)(H,23,24)/b2-1?,3-1?,4-2?,5-3?,7-4?,8-5?,13-7?,13-8?,15-11+. The van der Waals surface area contributed by atoms with Crippen LogP contribution in [0.2, 0.25) is 0 Å². The van der Waals surface area contributed by atoms with Crippen LogP contribution < -0.4 is 10.6 Å². The fraction of sp³-hybridized carbons (Fsp3) is 0. The summed E-state index contributed by atoms with van der Waals surface area (Å²) in [6.07, 6.45) is 16.7. The van der Waals surface area contributed by atoms with Crippen LogP contribution in [-0.2, 0) is 4.79 Å². The Balaban J connectivity index is 1.58. The van der Waals surface area contributed by atoms with Gasteiger partial charge in [-0.1, -0.05) is 30.4 Å². The van der Waals surface area contributed by atoms with E-state index in [0.717, 1.165) is 11.3 Å². The van der Waals surface area contributed by atoms with Gasteiger partial charge in [0.1, 0.15) is 5.00 Å². The van der Waals surface area contributed by atoms with Gasteiger partial charge in [-0.25, -0.2) is 0 Å². The summed E-state index contributed by atoms with van der Waals surface area (Å²) in [6, 6.07) is 5.51.